The number of aliphatic hydroxyl groups excluding tert-OH is 3. The highest BCUT2D eigenvalue weighted by atomic mass is 16.6. The predicted octanol–water partition coefficient (Wildman–Crippen LogP) is -2.62. The van der Waals surface area contributed by atoms with Gasteiger partial charge in [-0.05, 0) is 0 Å². The van der Waals surface area contributed by atoms with E-state index in [4.69, 9.17) is 10.5 Å². The van der Waals surface area contributed by atoms with Crippen LogP contribution in [-0.4, -0.2) is 73.9 Å². The minimum Gasteiger partial charge on any atom is -0.394 e. The van der Waals surface area contributed by atoms with Crippen molar-refractivity contribution in [2.45, 2.75) is 24.5 Å². The number of anilines is 2. The zero-order valence-corrected chi connectivity index (χ0v) is 12.5. The number of ether oxygens (including phenoxy) is 1. The van der Waals surface area contributed by atoms with Crippen LogP contribution >= 0.6 is 0 Å². The minimum atomic E-state index is -1.33. The Kier molecular flexibility index (Phi) is 3.72. The molecule has 0 amide bonds. The molecule has 1 fully saturated rings. The zero-order valence-electron chi connectivity index (χ0n) is 12.5. The zero-order chi connectivity index (χ0) is 16.9. The summed E-state index contributed by atoms with van der Waals surface area (Å²) in [5.74, 6) is 0.363. The molecule has 11 heteroatoms. The van der Waals surface area contributed by atoms with Gasteiger partial charge >= 0.3 is 5.69 Å². The summed E-state index contributed by atoms with van der Waals surface area (Å²) < 4.78 is 6.89. The molecule has 4 atom stereocenters. The molecule has 126 valence electrons. The first kappa shape index (κ1) is 15.7. The van der Waals surface area contributed by atoms with E-state index in [0.717, 1.165) is 0 Å². The molecule has 2 aromatic rings. The number of nitrogen functional groups attached to an aromatic ring is 1. The van der Waals surface area contributed by atoms with E-state index in [1.165, 1.54) is 4.57 Å². The minimum absolute atomic E-state index is 0.0357. The second-order valence-corrected chi connectivity index (χ2v) is 5.53. The van der Waals surface area contributed by atoms with Crippen LogP contribution in [0.2, 0.25) is 0 Å². The number of nitrogens with one attached hydrogen (secondary N) is 1. The number of aliphatic hydroxyl groups is 3. The largest absolute Gasteiger partial charge is 0.394 e. The molecule has 0 aromatic carbocycles. The molecule has 0 bridgehead atoms. The monoisotopic (exact) mass is 326 g/mol. The molecule has 0 spiro atoms. The molecule has 11 nitrogen and oxygen atoms in total. The highest BCUT2D eigenvalue weighted by Crippen LogP contribution is 2.35. The number of rotatable bonds is 3. The van der Waals surface area contributed by atoms with Gasteiger partial charge in [0.15, 0.2) is 17.4 Å². The lowest BCUT2D eigenvalue weighted by Gasteiger charge is -2.21. The number of imidazole rings is 1. The van der Waals surface area contributed by atoms with Crippen molar-refractivity contribution < 1.29 is 20.1 Å². The maximum Gasteiger partial charge on any atom is 0.348 e. The van der Waals surface area contributed by atoms with Crippen molar-refractivity contribution in [3.63, 3.8) is 0 Å². The summed E-state index contributed by atoms with van der Waals surface area (Å²) in [4.78, 5) is 23.7. The van der Waals surface area contributed by atoms with E-state index in [-0.39, 0.29) is 17.0 Å². The average Bonchev–Trinajstić information content (AvgIpc) is 2.99. The van der Waals surface area contributed by atoms with Crippen LogP contribution in [-0.2, 0) is 4.74 Å². The van der Waals surface area contributed by atoms with E-state index >= 15 is 0 Å². The Morgan fingerprint density at radius 1 is 1.35 bits per heavy atom. The van der Waals surface area contributed by atoms with Crippen LogP contribution in [0.25, 0.3) is 11.2 Å². The second kappa shape index (κ2) is 5.45. The van der Waals surface area contributed by atoms with Gasteiger partial charge in [-0.3, -0.25) is 9.55 Å². The Morgan fingerprint density at radius 3 is 2.61 bits per heavy atom. The lowest BCUT2D eigenvalue weighted by Crippen LogP contribution is -2.33. The van der Waals surface area contributed by atoms with Crippen molar-refractivity contribution in [1.29, 1.82) is 0 Å². The van der Waals surface area contributed by atoms with Crippen molar-refractivity contribution in [1.82, 2.24) is 19.5 Å². The second-order valence-electron chi connectivity index (χ2n) is 5.53. The molecule has 1 saturated heterocycles. The molecule has 2 aromatic heterocycles. The topological polar surface area (TPSA) is 163 Å². The number of H-pyrrole nitrogens is 1. The third-order valence-electron chi connectivity index (χ3n) is 3.74. The van der Waals surface area contributed by atoms with E-state index in [2.05, 4.69) is 15.0 Å². The van der Waals surface area contributed by atoms with Gasteiger partial charge in [-0.2, -0.15) is 4.98 Å². The summed E-state index contributed by atoms with van der Waals surface area (Å²) in [7, 11) is 3.41. The van der Waals surface area contributed by atoms with Gasteiger partial charge < -0.3 is 30.7 Å². The van der Waals surface area contributed by atoms with Crippen LogP contribution in [0.4, 0.5) is 11.8 Å². The molecule has 0 radical (unpaired) electrons. The Hall–Kier alpha value is -2.21. The van der Waals surface area contributed by atoms with E-state index in [0.29, 0.717) is 5.95 Å². The molecule has 0 saturated carbocycles. The summed E-state index contributed by atoms with van der Waals surface area (Å²) in [6.07, 6.45) is -4.64. The van der Waals surface area contributed by atoms with Crippen molar-refractivity contribution in [2.24, 2.45) is 0 Å². The maximum absolute atomic E-state index is 11.6. The fourth-order valence-electron chi connectivity index (χ4n) is 2.64. The van der Waals surface area contributed by atoms with E-state index in [1.807, 2.05) is 0 Å². The summed E-state index contributed by atoms with van der Waals surface area (Å²) in [5.41, 5.74) is 5.46. The van der Waals surface area contributed by atoms with E-state index < -0.39 is 36.8 Å². The number of nitrogens with two attached hydrogens (primary N) is 1. The average molecular weight is 326 g/mol. The SMILES string of the molecule is CN(C)c1nc2c(N)[nH]c(=O)nc2n1[C@@H]1O[C@H](CO)[C@@H](O)[C@H]1O. The summed E-state index contributed by atoms with van der Waals surface area (Å²) in [6, 6.07) is 0. The highest BCUT2D eigenvalue weighted by Gasteiger charge is 2.45. The van der Waals surface area contributed by atoms with Crippen LogP contribution in [0.15, 0.2) is 4.79 Å². The van der Waals surface area contributed by atoms with Gasteiger partial charge in [0, 0.05) is 14.1 Å². The lowest BCUT2D eigenvalue weighted by atomic mass is 10.1. The molecular weight excluding hydrogens is 308 g/mol. The van der Waals surface area contributed by atoms with Crippen LogP contribution in [0.3, 0.4) is 0 Å². The number of aromatic amines is 1. The van der Waals surface area contributed by atoms with Gasteiger partial charge in [-0.1, -0.05) is 0 Å². The molecular formula is C12H18N6O5. The van der Waals surface area contributed by atoms with Crippen molar-refractivity contribution in [3.05, 3.63) is 10.5 Å². The number of fused-ring (bicyclic) bond motifs is 1. The van der Waals surface area contributed by atoms with Gasteiger partial charge in [-0.25, -0.2) is 9.78 Å². The van der Waals surface area contributed by atoms with Gasteiger partial charge in [-0.15, -0.1) is 0 Å². The molecule has 0 unspecified atom stereocenters. The van der Waals surface area contributed by atoms with E-state index in [9.17, 15) is 20.1 Å². The number of hydrogen-bond acceptors (Lipinski definition) is 9. The smallest absolute Gasteiger partial charge is 0.348 e. The van der Waals surface area contributed by atoms with Gasteiger partial charge in [0.25, 0.3) is 0 Å². The number of aromatic nitrogens is 4. The van der Waals surface area contributed by atoms with Crippen molar-refractivity contribution in [3.8, 4) is 0 Å². The highest BCUT2D eigenvalue weighted by molar-refractivity contribution is 5.84. The normalized spacial score (nSPS) is 27.7. The Bertz CT molecular complexity index is 786. The van der Waals surface area contributed by atoms with Gasteiger partial charge in [0.2, 0.25) is 5.95 Å². The molecule has 23 heavy (non-hydrogen) atoms. The van der Waals surface area contributed by atoms with Crippen LogP contribution < -0.4 is 16.3 Å². The fourth-order valence-corrected chi connectivity index (χ4v) is 2.64. The Labute approximate surface area is 129 Å². The fraction of sp³-hybridized carbons (Fsp3) is 0.583. The van der Waals surface area contributed by atoms with Crippen LogP contribution in [0, 0.1) is 0 Å². The van der Waals surface area contributed by atoms with Crippen LogP contribution in [0.5, 0.6) is 0 Å². The Balaban J connectivity index is 2.23. The first-order valence-corrected chi connectivity index (χ1v) is 6.92. The molecule has 6 N–H and O–H groups in total. The third kappa shape index (κ3) is 2.34. The maximum atomic E-state index is 11.6. The molecule has 1 aliphatic heterocycles. The van der Waals surface area contributed by atoms with Gasteiger partial charge in [0.05, 0.1) is 6.61 Å². The molecule has 3 rings (SSSR count). The third-order valence-corrected chi connectivity index (χ3v) is 3.74. The van der Waals surface area contributed by atoms with Crippen LogP contribution in [0.1, 0.15) is 6.23 Å². The van der Waals surface area contributed by atoms with E-state index in [1.54, 1.807) is 19.0 Å². The summed E-state index contributed by atoms with van der Waals surface area (Å²) in [5, 5.41) is 29.4. The quantitative estimate of drug-likeness (QED) is 0.406. The molecule has 1 aliphatic rings. The standard InChI is InChI=1S/C12H18N6O5/c1-17(2)12-14-5-8(13)15-11(22)16-9(5)18(12)10-7(21)6(20)4(3-19)23-10/h4,6-7,10,19-21H,3H2,1-2H3,(H3,13,15,16,22)/t4-,6-,7-,10-/m1/s1. The number of hydrogen-bond donors (Lipinski definition) is 5. The lowest BCUT2D eigenvalue weighted by molar-refractivity contribution is -0.0503. The summed E-state index contributed by atoms with van der Waals surface area (Å²) in [6.45, 7) is -0.463. The molecule has 3 heterocycles. The van der Waals surface area contributed by atoms with Crippen molar-refractivity contribution >= 4 is 22.9 Å². The van der Waals surface area contributed by atoms with Gasteiger partial charge in [0.1, 0.15) is 24.1 Å². The molecule has 0 aliphatic carbocycles. The predicted molar refractivity (Wildman–Crippen MR) is 79.9 cm³/mol. The first-order chi connectivity index (χ1) is 10.8. The summed E-state index contributed by atoms with van der Waals surface area (Å²) >= 11 is 0. The van der Waals surface area contributed by atoms with Crippen molar-refractivity contribution in [2.75, 3.05) is 31.3 Å². The number of nitrogens with zero attached hydrogens (tertiary/aromatic N) is 4. The Morgan fingerprint density at radius 2 is 2.04 bits per heavy atom. The first-order valence-electron chi connectivity index (χ1n) is 6.92.